The molecule has 1 unspecified atom stereocenters. The smallest absolute Gasteiger partial charge is 0.255 e. The maximum atomic E-state index is 13.2. The van der Waals surface area contributed by atoms with E-state index in [1.165, 1.54) is 0 Å². The van der Waals surface area contributed by atoms with E-state index < -0.39 is 0 Å². The Kier molecular flexibility index (Phi) is 6.72. The predicted octanol–water partition coefficient (Wildman–Crippen LogP) is 2.91. The van der Waals surface area contributed by atoms with E-state index in [1.807, 2.05) is 24.8 Å². The number of aromatic nitrogens is 1. The Morgan fingerprint density at radius 2 is 1.68 bits per heavy atom. The summed E-state index contributed by atoms with van der Waals surface area (Å²) in [6.07, 6.45) is 6.38. The summed E-state index contributed by atoms with van der Waals surface area (Å²) in [5, 5.41) is 0. The summed E-state index contributed by atoms with van der Waals surface area (Å²) in [5.74, 6) is 0.336. The lowest BCUT2D eigenvalue weighted by Crippen LogP contribution is -2.49. The average Bonchev–Trinajstić information content (AvgIpc) is 3.19. The van der Waals surface area contributed by atoms with Gasteiger partial charge in [0.15, 0.2) is 0 Å². The average molecular weight is 432 g/mol. The van der Waals surface area contributed by atoms with Crippen molar-refractivity contribution in [1.82, 2.24) is 14.4 Å². The summed E-state index contributed by atoms with van der Waals surface area (Å²) in [6, 6.07) is 2.72. The van der Waals surface area contributed by atoms with E-state index in [-0.39, 0.29) is 24.0 Å². The Morgan fingerprint density at radius 3 is 2.26 bits per heavy atom. The fourth-order valence-electron chi connectivity index (χ4n) is 5.93. The molecule has 0 aromatic carbocycles. The first-order chi connectivity index (χ1) is 14.9. The molecular formula is C24H37N3O4. The van der Waals surface area contributed by atoms with Gasteiger partial charge < -0.3 is 23.8 Å². The third-order valence-corrected chi connectivity index (χ3v) is 7.49. The zero-order valence-corrected chi connectivity index (χ0v) is 19.4. The van der Waals surface area contributed by atoms with Crippen LogP contribution < -0.4 is 0 Å². The number of hydrogen-bond acceptors (Lipinski definition) is 4. The fraction of sp³-hybridized carbons (Fsp3) is 0.750. The van der Waals surface area contributed by atoms with Gasteiger partial charge in [0.2, 0.25) is 5.91 Å². The van der Waals surface area contributed by atoms with Gasteiger partial charge in [0.1, 0.15) is 0 Å². The quantitative estimate of drug-likeness (QED) is 0.695. The van der Waals surface area contributed by atoms with E-state index in [0.29, 0.717) is 18.7 Å². The highest BCUT2D eigenvalue weighted by Crippen LogP contribution is 2.37. The number of carbonyl (C=O) groups excluding carboxylic acids is 2. The molecule has 4 rings (SSSR count). The summed E-state index contributed by atoms with van der Waals surface area (Å²) < 4.78 is 13.8. The number of ether oxygens (including phenoxy) is 2. The van der Waals surface area contributed by atoms with Crippen LogP contribution in [-0.2, 0) is 20.8 Å². The van der Waals surface area contributed by atoms with Crippen LogP contribution in [0, 0.1) is 13.8 Å². The van der Waals surface area contributed by atoms with Crippen molar-refractivity contribution in [3.63, 3.8) is 0 Å². The largest absolute Gasteiger partial charge is 0.383 e. The van der Waals surface area contributed by atoms with Crippen molar-refractivity contribution >= 4 is 11.8 Å². The molecule has 0 N–H and O–H groups in total. The summed E-state index contributed by atoms with van der Waals surface area (Å²) >= 11 is 0. The normalized spacial score (nSPS) is 26.5. The molecule has 4 heterocycles. The first kappa shape index (κ1) is 22.3. The monoisotopic (exact) mass is 431 g/mol. The first-order valence-electron chi connectivity index (χ1n) is 11.8. The lowest BCUT2D eigenvalue weighted by molar-refractivity contribution is -0.138. The Morgan fingerprint density at radius 1 is 1.03 bits per heavy atom. The van der Waals surface area contributed by atoms with Gasteiger partial charge >= 0.3 is 0 Å². The summed E-state index contributed by atoms with van der Waals surface area (Å²) in [6.45, 7) is 8.64. The minimum atomic E-state index is 0.128. The van der Waals surface area contributed by atoms with Crippen LogP contribution in [0.2, 0.25) is 0 Å². The predicted molar refractivity (Wildman–Crippen MR) is 118 cm³/mol. The van der Waals surface area contributed by atoms with Gasteiger partial charge in [-0.3, -0.25) is 9.59 Å². The second-order valence-electron chi connectivity index (χ2n) is 9.46. The molecule has 1 aromatic heterocycles. The van der Waals surface area contributed by atoms with Gasteiger partial charge in [0, 0.05) is 57.1 Å². The minimum Gasteiger partial charge on any atom is -0.383 e. The second kappa shape index (κ2) is 9.33. The molecule has 3 aliphatic heterocycles. The molecule has 31 heavy (non-hydrogen) atoms. The Hall–Kier alpha value is -1.86. The van der Waals surface area contributed by atoms with E-state index in [9.17, 15) is 9.59 Å². The number of carbonyl (C=O) groups is 2. The number of nitrogens with zero attached hydrogens (tertiary/aromatic N) is 3. The van der Waals surface area contributed by atoms with E-state index in [1.54, 1.807) is 14.0 Å². The lowest BCUT2D eigenvalue weighted by Gasteiger charge is -2.41. The SMILES string of the molecule is COCCn1c(C)cc(C(=O)N2CCC(OC3C[C@H]4CC[C@@H](C3)N4C(C)=O)CC2)c1C. The number of piperidine rings is 2. The summed E-state index contributed by atoms with van der Waals surface area (Å²) in [7, 11) is 1.70. The van der Waals surface area contributed by atoms with E-state index in [0.717, 1.165) is 75.1 Å². The molecule has 0 radical (unpaired) electrons. The standard InChI is InChI=1S/C24H37N3O4/c1-16-13-23(17(2)26(16)11-12-30-4)24(29)25-9-7-21(8-10-25)31-22-14-19-5-6-20(15-22)27(19)18(3)28/h13,19-22H,5-12,14-15H2,1-4H3/t19-,20+,22?. The molecule has 7 heteroatoms. The van der Waals surface area contributed by atoms with E-state index >= 15 is 0 Å². The third kappa shape index (κ3) is 4.53. The molecule has 172 valence electrons. The highest BCUT2D eigenvalue weighted by atomic mass is 16.5. The summed E-state index contributed by atoms with van der Waals surface area (Å²) in [4.78, 5) is 29.1. The zero-order valence-electron chi connectivity index (χ0n) is 19.4. The molecule has 0 saturated carbocycles. The van der Waals surface area contributed by atoms with Crippen molar-refractivity contribution in [2.45, 2.75) is 90.1 Å². The number of fused-ring (bicyclic) bond motifs is 2. The van der Waals surface area contributed by atoms with Crippen LogP contribution in [0.4, 0.5) is 0 Å². The molecule has 0 aliphatic carbocycles. The zero-order chi connectivity index (χ0) is 22.1. The van der Waals surface area contributed by atoms with Crippen molar-refractivity contribution in [1.29, 1.82) is 0 Å². The first-order valence-corrected chi connectivity index (χ1v) is 11.8. The molecule has 3 aliphatic rings. The van der Waals surface area contributed by atoms with Crippen LogP contribution in [0.25, 0.3) is 0 Å². The lowest BCUT2D eigenvalue weighted by atomic mass is 9.98. The van der Waals surface area contributed by atoms with Crippen molar-refractivity contribution in [3.8, 4) is 0 Å². The Labute approximate surface area is 185 Å². The third-order valence-electron chi connectivity index (χ3n) is 7.49. The summed E-state index contributed by atoms with van der Waals surface area (Å²) in [5.41, 5.74) is 2.93. The Balaban J connectivity index is 1.29. The molecule has 3 fully saturated rings. The van der Waals surface area contributed by atoms with Crippen LogP contribution in [0.15, 0.2) is 6.07 Å². The number of methoxy groups -OCH3 is 1. The molecule has 3 saturated heterocycles. The van der Waals surface area contributed by atoms with Gasteiger partial charge in [-0.2, -0.15) is 0 Å². The number of rotatable bonds is 6. The van der Waals surface area contributed by atoms with Crippen LogP contribution in [0.1, 0.15) is 67.2 Å². The van der Waals surface area contributed by atoms with Gasteiger partial charge in [0.25, 0.3) is 5.91 Å². The maximum Gasteiger partial charge on any atom is 0.255 e. The van der Waals surface area contributed by atoms with Gasteiger partial charge in [-0.25, -0.2) is 0 Å². The van der Waals surface area contributed by atoms with Crippen LogP contribution in [-0.4, -0.2) is 77.3 Å². The van der Waals surface area contributed by atoms with Gasteiger partial charge in [-0.05, 0) is 58.4 Å². The molecule has 7 nitrogen and oxygen atoms in total. The van der Waals surface area contributed by atoms with Crippen LogP contribution >= 0.6 is 0 Å². The molecule has 1 aromatic rings. The van der Waals surface area contributed by atoms with Crippen LogP contribution in [0.3, 0.4) is 0 Å². The van der Waals surface area contributed by atoms with Gasteiger partial charge in [-0.15, -0.1) is 0 Å². The van der Waals surface area contributed by atoms with Crippen molar-refractivity contribution < 1.29 is 19.1 Å². The number of likely N-dealkylation sites (tertiary alicyclic amines) is 1. The Bertz CT molecular complexity index is 798. The highest BCUT2D eigenvalue weighted by molar-refractivity contribution is 5.95. The van der Waals surface area contributed by atoms with Crippen molar-refractivity contribution in [2.75, 3.05) is 26.8 Å². The van der Waals surface area contributed by atoms with E-state index in [4.69, 9.17) is 9.47 Å². The van der Waals surface area contributed by atoms with Crippen molar-refractivity contribution in [3.05, 3.63) is 23.0 Å². The fourth-order valence-corrected chi connectivity index (χ4v) is 5.93. The number of aryl methyl sites for hydroxylation is 1. The molecule has 2 amide bonds. The van der Waals surface area contributed by atoms with Gasteiger partial charge in [-0.1, -0.05) is 0 Å². The second-order valence-corrected chi connectivity index (χ2v) is 9.46. The number of amides is 2. The highest BCUT2D eigenvalue weighted by Gasteiger charge is 2.43. The number of hydrogen-bond donors (Lipinski definition) is 0. The molecular weight excluding hydrogens is 394 g/mol. The van der Waals surface area contributed by atoms with E-state index in [2.05, 4.69) is 9.47 Å². The maximum absolute atomic E-state index is 13.2. The van der Waals surface area contributed by atoms with Gasteiger partial charge in [0.05, 0.1) is 24.4 Å². The molecule has 3 atom stereocenters. The van der Waals surface area contributed by atoms with Crippen molar-refractivity contribution in [2.24, 2.45) is 0 Å². The topological polar surface area (TPSA) is 64.0 Å². The molecule has 2 bridgehead atoms. The minimum absolute atomic E-state index is 0.128. The van der Waals surface area contributed by atoms with Crippen LogP contribution in [0.5, 0.6) is 0 Å². The molecule has 0 spiro atoms.